The molecule has 4 aromatic rings. The fraction of sp³-hybridized carbons (Fsp3) is 0.143. The Morgan fingerprint density at radius 1 is 1.20 bits per heavy atom. The summed E-state index contributed by atoms with van der Waals surface area (Å²) in [7, 11) is 2.03. The molecular formula is C14H11N6+. The van der Waals surface area contributed by atoms with Crippen molar-refractivity contribution in [3.05, 3.63) is 42.4 Å². The Labute approximate surface area is 114 Å². The van der Waals surface area contributed by atoms with Crippen LogP contribution in [0.1, 0.15) is 5.56 Å². The van der Waals surface area contributed by atoms with Gasteiger partial charge in [-0.2, -0.15) is 9.38 Å². The number of nitrogens with zero attached hydrogens (tertiary/aromatic N) is 6. The van der Waals surface area contributed by atoms with Gasteiger partial charge in [0, 0.05) is 18.0 Å². The summed E-state index contributed by atoms with van der Waals surface area (Å²) in [6.45, 7) is 0.832. The number of rotatable bonds is 0. The van der Waals surface area contributed by atoms with Gasteiger partial charge in [0.25, 0.3) is 22.9 Å². The number of pyridine rings is 1. The standard InChI is InChI=1S/C14H11N6/c1-18-11-13(19-7-3-6-16-14(19)17-11)20-8-9-4-2-5-15-10(9)12(18)20/h2-7H,8H2,1H3/q+1. The summed E-state index contributed by atoms with van der Waals surface area (Å²) in [5.41, 5.74) is 4.31. The molecule has 20 heavy (non-hydrogen) atoms. The van der Waals surface area contributed by atoms with Crippen molar-refractivity contribution in [2.24, 2.45) is 7.05 Å². The van der Waals surface area contributed by atoms with Gasteiger partial charge in [-0.15, -0.1) is 0 Å². The minimum Gasteiger partial charge on any atom is -0.249 e. The lowest BCUT2D eigenvalue weighted by atomic mass is 10.2. The zero-order chi connectivity index (χ0) is 13.3. The van der Waals surface area contributed by atoms with Crippen LogP contribution in [-0.4, -0.2) is 23.9 Å². The maximum Gasteiger partial charge on any atom is 0.299 e. The highest BCUT2D eigenvalue weighted by Crippen LogP contribution is 2.28. The first-order chi connectivity index (χ1) is 9.84. The van der Waals surface area contributed by atoms with Crippen molar-refractivity contribution >= 4 is 17.1 Å². The Hall–Kier alpha value is -2.76. The van der Waals surface area contributed by atoms with E-state index >= 15 is 0 Å². The van der Waals surface area contributed by atoms with E-state index in [1.54, 1.807) is 6.20 Å². The van der Waals surface area contributed by atoms with Crippen LogP contribution in [0.2, 0.25) is 0 Å². The van der Waals surface area contributed by atoms with Crippen LogP contribution in [0.25, 0.3) is 28.6 Å². The summed E-state index contributed by atoms with van der Waals surface area (Å²) >= 11 is 0. The largest absolute Gasteiger partial charge is 0.299 e. The van der Waals surface area contributed by atoms with Crippen LogP contribution in [0.4, 0.5) is 0 Å². The fourth-order valence-electron chi connectivity index (χ4n) is 3.10. The second kappa shape index (κ2) is 3.22. The van der Waals surface area contributed by atoms with Crippen molar-refractivity contribution in [1.29, 1.82) is 0 Å². The first-order valence-corrected chi connectivity index (χ1v) is 6.50. The van der Waals surface area contributed by atoms with Gasteiger partial charge in [0.05, 0.1) is 19.8 Å². The Balaban J connectivity index is 1.99. The molecule has 5 heterocycles. The number of hydrogen-bond acceptors (Lipinski definition) is 3. The average molecular weight is 263 g/mol. The Kier molecular flexibility index (Phi) is 1.62. The van der Waals surface area contributed by atoms with Gasteiger partial charge in [0.15, 0.2) is 0 Å². The topological polar surface area (TPSA) is 51.9 Å². The lowest BCUT2D eigenvalue weighted by Gasteiger charge is -1.94. The molecule has 0 saturated heterocycles. The first-order valence-electron chi connectivity index (χ1n) is 6.50. The van der Waals surface area contributed by atoms with Crippen molar-refractivity contribution in [2.75, 3.05) is 0 Å². The van der Waals surface area contributed by atoms with Gasteiger partial charge in [-0.05, 0) is 12.1 Å². The van der Waals surface area contributed by atoms with Crippen molar-refractivity contribution in [3.63, 3.8) is 0 Å². The normalized spacial score (nSPS) is 13.1. The number of aromatic nitrogens is 6. The summed E-state index contributed by atoms with van der Waals surface area (Å²) in [4.78, 5) is 13.5. The van der Waals surface area contributed by atoms with E-state index < -0.39 is 0 Å². The van der Waals surface area contributed by atoms with Crippen LogP contribution in [0.5, 0.6) is 0 Å². The minimum absolute atomic E-state index is 0.729. The van der Waals surface area contributed by atoms with Crippen LogP contribution in [0, 0.1) is 0 Å². The number of hydrogen-bond donors (Lipinski definition) is 0. The lowest BCUT2D eigenvalue weighted by Crippen LogP contribution is -2.32. The molecule has 0 aromatic carbocycles. The average Bonchev–Trinajstić information content (AvgIpc) is 3.10. The maximum absolute atomic E-state index is 4.62. The van der Waals surface area contributed by atoms with E-state index in [-0.39, 0.29) is 0 Å². The molecule has 0 unspecified atom stereocenters. The third kappa shape index (κ3) is 1.01. The van der Waals surface area contributed by atoms with Gasteiger partial charge >= 0.3 is 0 Å². The van der Waals surface area contributed by atoms with Crippen molar-refractivity contribution < 1.29 is 4.57 Å². The van der Waals surface area contributed by atoms with Crippen LogP contribution in [-0.2, 0) is 13.6 Å². The van der Waals surface area contributed by atoms with E-state index in [2.05, 4.69) is 30.2 Å². The molecule has 0 saturated carbocycles. The predicted octanol–water partition coefficient (Wildman–Crippen LogP) is 0.932. The SMILES string of the molecule is Cn1c2[n+](c3c1nc1ncccn13)Cc1cccnc1-2. The second-order valence-corrected chi connectivity index (χ2v) is 5.03. The molecule has 0 spiro atoms. The van der Waals surface area contributed by atoms with Crippen LogP contribution < -0.4 is 4.57 Å². The van der Waals surface area contributed by atoms with Gasteiger partial charge in [-0.3, -0.25) is 0 Å². The molecule has 6 nitrogen and oxygen atoms in total. The summed E-state index contributed by atoms with van der Waals surface area (Å²) < 4.78 is 6.39. The molecule has 6 heteroatoms. The predicted molar refractivity (Wildman–Crippen MR) is 72.0 cm³/mol. The monoisotopic (exact) mass is 263 g/mol. The molecule has 0 fully saturated rings. The number of imidazole rings is 2. The molecule has 0 aliphatic carbocycles. The third-order valence-electron chi connectivity index (χ3n) is 3.94. The zero-order valence-electron chi connectivity index (χ0n) is 10.9. The fourth-order valence-corrected chi connectivity index (χ4v) is 3.10. The quantitative estimate of drug-likeness (QED) is 0.391. The van der Waals surface area contributed by atoms with E-state index in [0.29, 0.717) is 0 Å². The highest BCUT2D eigenvalue weighted by molar-refractivity contribution is 5.74. The highest BCUT2D eigenvalue weighted by atomic mass is 15.3. The molecule has 0 N–H and O–H groups in total. The molecule has 1 aliphatic heterocycles. The third-order valence-corrected chi connectivity index (χ3v) is 3.94. The Morgan fingerprint density at radius 3 is 3.05 bits per heavy atom. The van der Waals surface area contributed by atoms with Crippen LogP contribution in [0.3, 0.4) is 0 Å². The highest BCUT2D eigenvalue weighted by Gasteiger charge is 2.34. The summed E-state index contributed by atoms with van der Waals surface area (Å²) in [6.07, 6.45) is 5.61. The van der Waals surface area contributed by atoms with Crippen molar-refractivity contribution in [3.8, 4) is 11.5 Å². The summed E-state index contributed by atoms with van der Waals surface area (Å²) in [5.74, 6) is 1.84. The summed E-state index contributed by atoms with van der Waals surface area (Å²) in [5, 5.41) is 0. The van der Waals surface area contributed by atoms with E-state index in [1.165, 1.54) is 5.56 Å². The summed E-state index contributed by atoms with van der Waals surface area (Å²) in [6, 6.07) is 6.04. The van der Waals surface area contributed by atoms with E-state index in [4.69, 9.17) is 0 Å². The first kappa shape index (κ1) is 10.1. The van der Waals surface area contributed by atoms with Crippen LogP contribution in [0.15, 0.2) is 36.8 Å². The minimum atomic E-state index is 0.729. The van der Waals surface area contributed by atoms with Crippen molar-refractivity contribution in [2.45, 2.75) is 6.54 Å². The second-order valence-electron chi connectivity index (χ2n) is 5.03. The lowest BCUT2D eigenvalue weighted by molar-refractivity contribution is -0.648. The van der Waals surface area contributed by atoms with Gasteiger partial charge in [-0.25, -0.2) is 19.1 Å². The smallest absolute Gasteiger partial charge is 0.249 e. The van der Waals surface area contributed by atoms with E-state index in [1.807, 2.05) is 36.0 Å². The van der Waals surface area contributed by atoms with E-state index in [9.17, 15) is 0 Å². The van der Waals surface area contributed by atoms with Crippen LogP contribution >= 0.6 is 0 Å². The molecular weight excluding hydrogens is 252 g/mol. The molecule has 1 aliphatic rings. The van der Waals surface area contributed by atoms with Crippen molar-refractivity contribution in [1.82, 2.24) is 23.9 Å². The Morgan fingerprint density at radius 2 is 2.10 bits per heavy atom. The molecule has 0 atom stereocenters. The molecule has 96 valence electrons. The van der Waals surface area contributed by atoms with Gasteiger partial charge in [-0.1, -0.05) is 6.07 Å². The van der Waals surface area contributed by atoms with Gasteiger partial charge in [0.2, 0.25) is 0 Å². The molecule has 0 amide bonds. The molecule has 4 aromatic heterocycles. The molecule has 0 radical (unpaired) electrons. The van der Waals surface area contributed by atoms with Gasteiger partial charge < -0.3 is 0 Å². The Bertz CT molecular complexity index is 994. The molecule has 5 rings (SSSR count). The van der Waals surface area contributed by atoms with Gasteiger partial charge in [0.1, 0.15) is 5.69 Å². The maximum atomic E-state index is 4.62. The number of fused-ring (bicyclic) bond motifs is 7. The molecule has 0 bridgehead atoms. The zero-order valence-corrected chi connectivity index (χ0v) is 10.9. The van der Waals surface area contributed by atoms with E-state index in [0.717, 1.165) is 35.1 Å². The number of aryl methyl sites for hydroxylation is 1.